The van der Waals surface area contributed by atoms with Crippen molar-refractivity contribution in [2.45, 2.75) is 12.8 Å². The van der Waals surface area contributed by atoms with Crippen LogP contribution in [-0.4, -0.2) is 53.9 Å². The van der Waals surface area contributed by atoms with Gasteiger partial charge in [0.15, 0.2) is 17.5 Å². The van der Waals surface area contributed by atoms with Gasteiger partial charge in [0.25, 0.3) is 0 Å². The van der Waals surface area contributed by atoms with Crippen LogP contribution in [0.5, 0.6) is 11.5 Å². The topological polar surface area (TPSA) is 58.1 Å². The number of rotatable bonds is 10. The molecule has 28 heavy (non-hydrogen) atoms. The average Bonchev–Trinajstić information content (AvgIpc) is 2.75. The summed E-state index contributed by atoms with van der Waals surface area (Å²) in [5.41, 5.74) is 2.42. The van der Waals surface area contributed by atoms with Crippen molar-refractivity contribution < 1.29 is 9.47 Å². The molecule has 0 spiro atoms. The molecule has 2 rings (SSSR count). The van der Waals surface area contributed by atoms with Crippen molar-refractivity contribution in [2.24, 2.45) is 4.99 Å². The number of para-hydroxylation sites is 1. The normalized spacial score (nSPS) is 11.1. The summed E-state index contributed by atoms with van der Waals surface area (Å²) in [7, 11) is 7.21. The molecule has 0 amide bonds. The summed E-state index contributed by atoms with van der Waals surface area (Å²) < 4.78 is 10.6. The molecular formula is C22H32N4O2. The Balaban J connectivity index is 1.69. The van der Waals surface area contributed by atoms with Gasteiger partial charge in [-0.05, 0) is 42.7 Å². The molecule has 0 aromatic heterocycles. The van der Waals surface area contributed by atoms with Crippen molar-refractivity contribution in [3.05, 3.63) is 54.1 Å². The third-order valence-corrected chi connectivity index (χ3v) is 4.54. The first kappa shape index (κ1) is 21.4. The highest BCUT2D eigenvalue weighted by atomic mass is 16.5. The van der Waals surface area contributed by atoms with Crippen molar-refractivity contribution in [3.63, 3.8) is 0 Å². The number of benzene rings is 2. The summed E-state index contributed by atoms with van der Waals surface area (Å²) in [6.45, 7) is 2.64. The van der Waals surface area contributed by atoms with E-state index in [2.05, 4.69) is 57.9 Å². The van der Waals surface area contributed by atoms with Gasteiger partial charge < -0.3 is 25.0 Å². The molecule has 2 aromatic carbocycles. The third-order valence-electron chi connectivity index (χ3n) is 4.54. The molecule has 0 aliphatic carbocycles. The lowest BCUT2D eigenvalue weighted by molar-refractivity contribution is 0.354. The van der Waals surface area contributed by atoms with Gasteiger partial charge in [-0.2, -0.15) is 0 Å². The molecule has 0 saturated heterocycles. The molecule has 2 N–H and O–H groups in total. The smallest absolute Gasteiger partial charge is 0.190 e. The quantitative estimate of drug-likeness (QED) is 0.375. The number of hydrogen-bond donors (Lipinski definition) is 2. The second kappa shape index (κ2) is 11.7. The van der Waals surface area contributed by atoms with Crippen LogP contribution >= 0.6 is 0 Å². The van der Waals surface area contributed by atoms with Crippen LogP contribution in [0.3, 0.4) is 0 Å². The maximum absolute atomic E-state index is 5.36. The van der Waals surface area contributed by atoms with E-state index in [0.29, 0.717) is 0 Å². The molecule has 152 valence electrons. The summed E-state index contributed by atoms with van der Waals surface area (Å²) in [4.78, 5) is 6.55. The van der Waals surface area contributed by atoms with E-state index in [1.807, 2.05) is 18.2 Å². The van der Waals surface area contributed by atoms with Crippen molar-refractivity contribution in [1.82, 2.24) is 10.6 Å². The minimum atomic E-state index is 0.747. The molecule has 0 saturated carbocycles. The van der Waals surface area contributed by atoms with Crippen LogP contribution in [0.2, 0.25) is 0 Å². The first-order valence-corrected chi connectivity index (χ1v) is 9.59. The summed E-state index contributed by atoms with van der Waals surface area (Å²) >= 11 is 0. The highest BCUT2D eigenvalue weighted by molar-refractivity contribution is 5.79. The van der Waals surface area contributed by atoms with Gasteiger partial charge in [0.1, 0.15) is 0 Å². The third kappa shape index (κ3) is 6.68. The highest BCUT2D eigenvalue weighted by Gasteiger charge is 2.05. The molecule has 0 aliphatic heterocycles. The van der Waals surface area contributed by atoms with Crippen LogP contribution in [0.15, 0.2) is 53.5 Å². The largest absolute Gasteiger partial charge is 0.493 e. The van der Waals surface area contributed by atoms with Crippen LogP contribution in [0, 0.1) is 0 Å². The monoisotopic (exact) mass is 384 g/mol. The molecule has 6 heteroatoms. The number of nitrogens with zero attached hydrogens (tertiary/aromatic N) is 2. The maximum Gasteiger partial charge on any atom is 0.190 e. The molecule has 0 radical (unpaired) electrons. The number of ether oxygens (including phenoxy) is 2. The molecule has 6 nitrogen and oxygen atoms in total. The molecule has 0 bridgehead atoms. The van der Waals surface area contributed by atoms with Crippen LogP contribution in [0.25, 0.3) is 0 Å². The average molecular weight is 385 g/mol. The van der Waals surface area contributed by atoms with Gasteiger partial charge in [-0.15, -0.1) is 0 Å². The zero-order valence-corrected chi connectivity index (χ0v) is 17.4. The maximum atomic E-state index is 5.36. The Hall–Kier alpha value is -2.89. The van der Waals surface area contributed by atoms with E-state index >= 15 is 0 Å². The SMILES string of the molecule is CN=C(NCCCN(C)c1ccccc1)NCCc1ccc(OC)c(OC)c1. The zero-order valence-electron chi connectivity index (χ0n) is 17.4. The number of guanidine groups is 1. The van der Waals surface area contributed by atoms with E-state index in [1.165, 1.54) is 11.3 Å². The Morgan fingerprint density at radius 1 is 0.964 bits per heavy atom. The summed E-state index contributed by atoms with van der Waals surface area (Å²) in [6.07, 6.45) is 1.90. The number of methoxy groups -OCH3 is 2. The summed E-state index contributed by atoms with van der Waals surface area (Å²) in [6, 6.07) is 16.4. The standard InChI is InChI=1S/C22H32N4O2/c1-23-22(24-14-8-16-26(2)19-9-6-5-7-10-19)25-15-13-18-11-12-20(27-3)21(17-18)28-4/h5-7,9-12,17H,8,13-16H2,1-4H3,(H2,23,24,25). The van der Waals surface area contributed by atoms with Crippen molar-refractivity contribution in [2.75, 3.05) is 52.8 Å². The zero-order chi connectivity index (χ0) is 20.2. The van der Waals surface area contributed by atoms with E-state index < -0.39 is 0 Å². The van der Waals surface area contributed by atoms with E-state index in [-0.39, 0.29) is 0 Å². The molecule has 0 aliphatic rings. The van der Waals surface area contributed by atoms with Gasteiger partial charge in [-0.1, -0.05) is 24.3 Å². The second-order valence-electron chi connectivity index (χ2n) is 6.48. The minimum Gasteiger partial charge on any atom is -0.493 e. The van der Waals surface area contributed by atoms with Crippen LogP contribution in [-0.2, 0) is 6.42 Å². The van der Waals surface area contributed by atoms with Gasteiger partial charge >= 0.3 is 0 Å². The second-order valence-corrected chi connectivity index (χ2v) is 6.48. The van der Waals surface area contributed by atoms with Gasteiger partial charge in [-0.25, -0.2) is 0 Å². The minimum absolute atomic E-state index is 0.747. The van der Waals surface area contributed by atoms with Gasteiger partial charge in [0.2, 0.25) is 0 Å². The highest BCUT2D eigenvalue weighted by Crippen LogP contribution is 2.27. The van der Waals surface area contributed by atoms with E-state index in [0.717, 1.165) is 49.9 Å². The molecule has 2 aromatic rings. The Bertz CT molecular complexity index is 735. The van der Waals surface area contributed by atoms with Crippen LogP contribution < -0.4 is 25.0 Å². The van der Waals surface area contributed by atoms with Crippen molar-refractivity contribution in [3.8, 4) is 11.5 Å². The molecule has 0 fully saturated rings. The van der Waals surface area contributed by atoms with Gasteiger partial charge in [0, 0.05) is 39.4 Å². The first-order valence-electron chi connectivity index (χ1n) is 9.59. The van der Waals surface area contributed by atoms with E-state index in [1.54, 1.807) is 21.3 Å². The van der Waals surface area contributed by atoms with Crippen molar-refractivity contribution in [1.29, 1.82) is 0 Å². The summed E-state index contributed by atoms with van der Waals surface area (Å²) in [5.74, 6) is 2.32. The molecule has 0 atom stereocenters. The van der Waals surface area contributed by atoms with Crippen molar-refractivity contribution >= 4 is 11.6 Å². The lowest BCUT2D eigenvalue weighted by atomic mass is 10.1. The number of nitrogens with one attached hydrogen (secondary N) is 2. The van der Waals surface area contributed by atoms with E-state index in [4.69, 9.17) is 9.47 Å². The fourth-order valence-corrected chi connectivity index (χ4v) is 2.92. The predicted octanol–water partition coefficient (Wildman–Crippen LogP) is 2.94. The lowest BCUT2D eigenvalue weighted by Gasteiger charge is -2.19. The van der Waals surface area contributed by atoms with Crippen LogP contribution in [0.4, 0.5) is 5.69 Å². The number of aliphatic imine (C=N–C) groups is 1. The molecule has 0 heterocycles. The lowest BCUT2D eigenvalue weighted by Crippen LogP contribution is -2.39. The number of hydrogen-bond acceptors (Lipinski definition) is 4. The molecule has 0 unspecified atom stereocenters. The Labute approximate surface area is 168 Å². The first-order chi connectivity index (χ1) is 13.7. The Morgan fingerprint density at radius 3 is 2.36 bits per heavy atom. The number of anilines is 1. The van der Waals surface area contributed by atoms with Gasteiger partial charge in [0.05, 0.1) is 14.2 Å². The van der Waals surface area contributed by atoms with E-state index in [9.17, 15) is 0 Å². The predicted molar refractivity (Wildman–Crippen MR) is 117 cm³/mol. The Kier molecular flexibility index (Phi) is 8.98. The molecular weight excluding hydrogens is 352 g/mol. The fourth-order valence-electron chi connectivity index (χ4n) is 2.92. The summed E-state index contributed by atoms with van der Waals surface area (Å²) in [5, 5.41) is 6.73. The Morgan fingerprint density at radius 2 is 1.68 bits per heavy atom. The van der Waals surface area contributed by atoms with Gasteiger partial charge in [-0.3, -0.25) is 4.99 Å². The fraction of sp³-hybridized carbons (Fsp3) is 0.409. The van der Waals surface area contributed by atoms with Crippen LogP contribution in [0.1, 0.15) is 12.0 Å².